The minimum absolute atomic E-state index is 0.120. The number of aryl methyl sites for hydroxylation is 2. The quantitative estimate of drug-likeness (QED) is 0.889. The number of hydrogen-bond acceptors (Lipinski definition) is 1. The third-order valence-electron chi connectivity index (χ3n) is 3.01. The minimum atomic E-state index is -1.05. The Morgan fingerprint density at radius 2 is 1.63 bits per heavy atom. The number of halogens is 2. The van der Waals surface area contributed by atoms with Crippen LogP contribution >= 0.6 is 0 Å². The van der Waals surface area contributed by atoms with Crippen molar-refractivity contribution >= 4 is 5.97 Å². The SMILES string of the molecule is Cc1cc(F)c(-c2ccc(C(=O)O)cc2C)cc1F. The van der Waals surface area contributed by atoms with Crippen molar-refractivity contribution in [3.8, 4) is 11.1 Å². The van der Waals surface area contributed by atoms with Crippen LogP contribution in [0.1, 0.15) is 21.5 Å². The molecule has 0 aromatic heterocycles. The first kappa shape index (κ1) is 13.2. The highest BCUT2D eigenvalue weighted by molar-refractivity contribution is 5.89. The van der Waals surface area contributed by atoms with Crippen molar-refractivity contribution in [2.24, 2.45) is 0 Å². The van der Waals surface area contributed by atoms with Gasteiger partial charge in [-0.3, -0.25) is 0 Å². The van der Waals surface area contributed by atoms with Crippen LogP contribution in [0.25, 0.3) is 11.1 Å². The molecule has 1 N–H and O–H groups in total. The van der Waals surface area contributed by atoms with Crippen molar-refractivity contribution < 1.29 is 18.7 Å². The monoisotopic (exact) mass is 262 g/mol. The van der Waals surface area contributed by atoms with E-state index in [0.29, 0.717) is 11.1 Å². The van der Waals surface area contributed by atoms with E-state index < -0.39 is 17.6 Å². The molecule has 0 unspecified atom stereocenters. The number of carbonyl (C=O) groups is 1. The molecule has 0 atom stereocenters. The predicted molar refractivity (Wildman–Crippen MR) is 68.2 cm³/mol. The van der Waals surface area contributed by atoms with Gasteiger partial charge < -0.3 is 5.11 Å². The summed E-state index contributed by atoms with van der Waals surface area (Å²) >= 11 is 0. The zero-order valence-electron chi connectivity index (χ0n) is 10.5. The van der Waals surface area contributed by atoms with E-state index in [9.17, 15) is 13.6 Å². The second-order valence-electron chi connectivity index (χ2n) is 4.42. The van der Waals surface area contributed by atoms with Gasteiger partial charge in [0.1, 0.15) is 11.6 Å². The smallest absolute Gasteiger partial charge is 0.335 e. The molecular formula is C15H12F2O2. The Bertz CT molecular complexity index is 663. The van der Waals surface area contributed by atoms with Crippen LogP contribution in [0.2, 0.25) is 0 Å². The number of hydrogen-bond donors (Lipinski definition) is 1. The molecule has 0 saturated carbocycles. The van der Waals surface area contributed by atoms with E-state index in [1.165, 1.54) is 25.1 Å². The van der Waals surface area contributed by atoms with E-state index in [1.54, 1.807) is 6.92 Å². The van der Waals surface area contributed by atoms with Crippen molar-refractivity contribution in [3.05, 3.63) is 58.7 Å². The standard InChI is InChI=1S/C15H12F2O2/c1-8-5-10(15(18)19)3-4-11(8)12-7-13(16)9(2)6-14(12)17/h3-7H,1-2H3,(H,18,19). The van der Waals surface area contributed by atoms with Gasteiger partial charge in [0.15, 0.2) is 0 Å². The molecule has 0 fully saturated rings. The minimum Gasteiger partial charge on any atom is -0.478 e. The van der Waals surface area contributed by atoms with Crippen molar-refractivity contribution in [1.82, 2.24) is 0 Å². The second-order valence-corrected chi connectivity index (χ2v) is 4.42. The van der Waals surface area contributed by atoms with Crippen molar-refractivity contribution in [2.45, 2.75) is 13.8 Å². The zero-order chi connectivity index (χ0) is 14.2. The number of aromatic carboxylic acids is 1. The van der Waals surface area contributed by atoms with Crippen LogP contribution in [0.5, 0.6) is 0 Å². The maximum Gasteiger partial charge on any atom is 0.335 e. The molecule has 2 aromatic rings. The van der Waals surface area contributed by atoms with Crippen molar-refractivity contribution in [1.29, 1.82) is 0 Å². The number of rotatable bonds is 2. The molecule has 2 rings (SSSR count). The number of carboxylic acids is 1. The molecule has 98 valence electrons. The normalized spacial score (nSPS) is 10.5. The summed E-state index contributed by atoms with van der Waals surface area (Å²) in [6, 6.07) is 6.57. The predicted octanol–water partition coefficient (Wildman–Crippen LogP) is 3.95. The highest BCUT2D eigenvalue weighted by Crippen LogP contribution is 2.28. The van der Waals surface area contributed by atoms with Crippen molar-refractivity contribution in [2.75, 3.05) is 0 Å². The lowest BCUT2D eigenvalue weighted by Gasteiger charge is -2.09. The van der Waals surface area contributed by atoms with Gasteiger partial charge in [-0.2, -0.15) is 0 Å². The van der Waals surface area contributed by atoms with E-state index in [-0.39, 0.29) is 16.7 Å². The number of carboxylic acid groups (broad SMARTS) is 1. The summed E-state index contributed by atoms with van der Waals surface area (Å²) in [5.41, 5.74) is 1.57. The Morgan fingerprint density at radius 1 is 0.947 bits per heavy atom. The average Bonchev–Trinajstić information content (AvgIpc) is 2.34. The van der Waals surface area contributed by atoms with Crippen LogP contribution in [0.3, 0.4) is 0 Å². The lowest BCUT2D eigenvalue weighted by atomic mass is 9.97. The van der Waals surface area contributed by atoms with Crippen LogP contribution in [0.4, 0.5) is 8.78 Å². The summed E-state index contributed by atoms with van der Waals surface area (Å²) in [6.45, 7) is 3.15. The molecule has 0 aliphatic carbocycles. The fourth-order valence-corrected chi connectivity index (χ4v) is 1.95. The molecule has 19 heavy (non-hydrogen) atoms. The highest BCUT2D eigenvalue weighted by Gasteiger charge is 2.13. The maximum atomic E-state index is 13.9. The molecule has 0 saturated heterocycles. The number of benzene rings is 2. The van der Waals surface area contributed by atoms with Gasteiger partial charge in [0.2, 0.25) is 0 Å². The molecule has 2 aromatic carbocycles. The van der Waals surface area contributed by atoms with Crippen LogP contribution in [-0.2, 0) is 0 Å². The van der Waals surface area contributed by atoms with E-state index in [0.717, 1.165) is 12.1 Å². The fraction of sp³-hybridized carbons (Fsp3) is 0.133. The summed E-state index contributed by atoms with van der Waals surface area (Å²) in [6.07, 6.45) is 0. The van der Waals surface area contributed by atoms with Crippen LogP contribution in [-0.4, -0.2) is 11.1 Å². The molecule has 0 aliphatic rings. The Labute approximate surface area is 109 Å². The van der Waals surface area contributed by atoms with Gasteiger partial charge in [0.25, 0.3) is 0 Å². The summed E-state index contributed by atoms with van der Waals surface area (Å²) in [7, 11) is 0. The van der Waals surface area contributed by atoms with Gasteiger partial charge in [0.05, 0.1) is 5.56 Å². The van der Waals surface area contributed by atoms with Gasteiger partial charge in [-0.15, -0.1) is 0 Å². The molecule has 0 radical (unpaired) electrons. The largest absolute Gasteiger partial charge is 0.478 e. The first-order valence-corrected chi connectivity index (χ1v) is 5.70. The molecule has 0 spiro atoms. The molecule has 2 nitrogen and oxygen atoms in total. The maximum absolute atomic E-state index is 13.9. The molecule has 0 aliphatic heterocycles. The van der Waals surface area contributed by atoms with E-state index in [4.69, 9.17) is 5.11 Å². The Kier molecular flexibility index (Phi) is 3.34. The van der Waals surface area contributed by atoms with Gasteiger partial charge in [0, 0.05) is 5.56 Å². The van der Waals surface area contributed by atoms with E-state index in [1.807, 2.05) is 0 Å². The highest BCUT2D eigenvalue weighted by atomic mass is 19.1. The van der Waals surface area contributed by atoms with Gasteiger partial charge in [-0.25, -0.2) is 13.6 Å². The average molecular weight is 262 g/mol. The third-order valence-corrected chi connectivity index (χ3v) is 3.01. The van der Waals surface area contributed by atoms with Gasteiger partial charge in [-0.1, -0.05) is 6.07 Å². The molecular weight excluding hydrogens is 250 g/mol. The van der Waals surface area contributed by atoms with Crippen LogP contribution in [0, 0.1) is 25.5 Å². The fourth-order valence-electron chi connectivity index (χ4n) is 1.95. The summed E-state index contributed by atoms with van der Waals surface area (Å²) < 4.78 is 27.4. The molecule has 0 amide bonds. The molecule has 0 heterocycles. The summed E-state index contributed by atoms with van der Waals surface area (Å²) in [5, 5.41) is 8.87. The van der Waals surface area contributed by atoms with E-state index in [2.05, 4.69) is 0 Å². The first-order chi connectivity index (χ1) is 8.90. The third kappa shape index (κ3) is 2.47. The first-order valence-electron chi connectivity index (χ1n) is 5.70. The zero-order valence-corrected chi connectivity index (χ0v) is 10.5. The van der Waals surface area contributed by atoms with Crippen LogP contribution < -0.4 is 0 Å². The Hall–Kier alpha value is -2.23. The summed E-state index contributed by atoms with van der Waals surface area (Å²) in [5.74, 6) is -2.06. The molecule has 4 heteroatoms. The second kappa shape index (κ2) is 4.80. The topological polar surface area (TPSA) is 37.3 Å². The lowest BCUT2D eigenvalue weighted by Crippen LogP contribution is -1.98. The Balaban J connectivity index is 2.59. The Morgan fingerprint density at radius 3 is 2.21 bits per heavy atom. The van der Waals surface area contributed by atoms with E-state index >= 15 is 0 Å². The lowest BCUT2D eigenvalue weighted by molar-refractivity contribution is 0.0697. The van der Waals surface area contributed by atoms with Crippen LogP contribution in [0.15, 0.2) is 30.3 Å². The molecule has 0 bridgehead atoms. The van der Waals surface area contributed by atoms with Crippen molar-refractivity contribution in [3.63, 3.8) is 0 Å². The summed E-state index contributed by atoms with van der Waals surface area (Å²) in [4.78, 5) is 10.8. The van der Waals surface area contributed by atoms with Gasteiger partial charge >= 0.3 is 5.97 Å². The van der Waals surface area contributed by atoms with Gasteiger partial charge in [-0.05, 0) is 54.8 Å².